The average molecular weight is 516 g/mol. The standard InChI is InChI=1S/C36H21NOS/c1-4-10-31-25(7-1)28-18-19-29-26-8-2-5-11-32(26)38-36(29)35(28)37(31)24-16-13-22(14-17-24)23-15-20-34-30(21-23)27-9-3-6-12-33(27)39-34/h1-21H. The number of thiophene rings is 1. The van der Waals surface area contributed by atoms with Gasteiger partial charge in [0, 0.05) is 47.4 Å². The third-order valence-corrected chi connectivity index (χ3v) is 9.17. The minimum Gasteiger partial charge on any atom is -0.454 e. The summed E-state index contributed by atoms with van der Waals surface area (Å²) < 4.78 is 11.5. The molecule has 0 aliphatic carbocycles. The van der Waals surface area contributed by atoms with Gasteiger partial charge in [0.15, 0.2) is 5.58 Å². The van der Waals surface area contributed by atoms with Gasteiger partial charge in [-0.25, -0.2) is 0 Å². The molecule has 0 aliphatic rings. The van der Waals surface area contributed by atoms with Crippen LogP contribution in [0, 0.1) is 0 Å². The van der Waals surface area contributed by atoms with E-state index in [-0.39, 0.29) is 0 Å². The molecule has 0 atom stereocenters. The van der Waals surface area contributed by atoms with E-state index in [0.29, 0.717) is 0 Å². The van der Waals surface area contributed by atoms with Gasteiger partial charge in [-0.2, -0.15) is 0 Å². The molecule has 9 aromatic rings. The molecule has 3 heterocycles. The molecule has 0 spiro atoms. The number of fused-ring (bicyclic) bond motifs is 10. The normalized spacial score (nSPS) is 12.1. The van der Waals surface area contributed by atoms with Crippen LogP contribution in [0.15, 0.2) is 132 Å². The van der Waals surface area contributed by atoms with E-state index < -0.39 is 0 Å². The Hall–Kier alpha value is -4.86. The summed E-state index contributed by atoms with van der Waals surface area (Å²) in [6, 6.07) is 45.8. The highest BCUT2D eigenvalue weighted by Crippen LogP contribution is 2.41. The number of benzene rings is 6. The monoisotopic (exact) mass is 515 g/mol. The highest BCUT2D eigenvalue weighted by Gasteiger charge is 2.18. The van der Waals surface area contributed by atoms with Crippen LogP contribution in [0.1, 0.15) is 0 Å². The van der Waals surface area contributed by atoms with Gasteiger partial charge >= 0.3 is 0 Å². The van der Waals surface area contributed by atoms with E-state index in [0.717, 1.165) is 33.1 Å². The Kier molecular flexibility index (Phi) is 4.24. The molecule has 0 N–H and O–H groups in total. The zero-order chi connectivity index (χ0) is 25.5. The predicted octanol–water partition coefficient (Wildman–Crippen LogP) is 10.7. The van der Waals surface area contributed by atoms with Crippen LogP contribution in [0.5, 0.6) is 0 Å². The van der Waals surface area contributed by atoms with Crippen molar-refractivity contribution in [1.29, 1.82) is 0 Å². The molecule has 0 bridgehead atoms. The fourth-order valence-corrected chi connectivity index (χ4v) is 7.29. The highest BCUT2D eigenvalue weighted by atomic mass is 32.1. The van der Waals surface area contributed by atoms with Gasteiger partial charge in [0.2, 0.25) is 0 Å². The highest BCUT2D eigenvalue weighted by molar-refractivity contribution is 7.25. The summed E-state index contributed by atoms with van der Waals surface area (Å²) in [5.74, 6) is 0. The molecule has 0 fully saturated rings. The second kappa shape index (κ2) is 7.83. The summed E-state index contributed by atoms with van der Waals surface area (Å²) in [7, 11) is 0. The quantitative estimate of drug-likeness (QED) is 0.224. The first-order valence-electron chi connectivity index (χ1n) is 13.2. The van der Waals surface area contributed by atoms with Crippen molar-refractivity contribution in [2.24, 2.45) is 0 Å². The first kappa shape index (κ1) is 21.1. The lowest BCUT2D eigenvalue weighted by molar-refractivity contribution is 0.671. The molecule has 3 heteroatoms. The number of furan rings is 1. The molecular weight excluding hydrogens is 494 g/mol. The van der Waals surface area contributed by atoms with Crippen LogP contribution >= 0.6 is 11.3 Å². The lowest BCUT2D eigenvalue weighted by atomic mass is 10.0. The Bertz CT molecular complexity index is 2380. The van der Waals surface area contributed by atoms with Gasteiger partial charge in [0.05, 0.1) is 11.0 Å². The maximum Gasteiger partial charge on any atom is 0.160 e. The number of para-hydroxylation sites is 2. The van der Waals surface area contributed by atoms with Crippen LogP contribution in [-0.2, 0) is 0 Å². The molecule has 3 aromatic heterocycles. The van der Waals surface area contributed by atoms with E-state index in [1.54, 1.807) is 0 Å². The second-order valence-electron chi connectivity index (χ2n) is 10.1. The Morgan fingerprint density at radius 1 is 0.487 bits per heavy atom. The van der Waals surface area contributed by atoms with Crippen molar-refractivity contribution >= 4 is 75.3 Å². The summed E-state index contributed by atoms with van der Waals surface area (Å²) in [4.78, 5) is 0. The van der Waals surface area contributed by atoms with Crippen LogP contribution in [0.25, 0.3) is 80.7 Å². The van der Waals surface area contributed by atoms with Gasteiger partial charge in [-0.3, -0.25) is 0 Å². The molecule has 0 radical (unpaired) electrons. The van der Waals surface area contributed by atoms with Gasteiger partial charge in [-0.1, -0.05) is 78.9 Å². The van der Waals surface area contributed by atoms with E-state index in [4.69, 9.17) is 4.42 Å². The zero-order valence-electron chi connectivity index (χ0n) is 20.9. The molecule has 0 saturated heterocycles. The van der Waals surface area contributed by atoms with Crippen molar-refractivity contribution < 1.29 is 4.42 Å². The van der Waals surface area contributed by atoms with Crippen LogP contribution in [-0.4, -0.2) is 4.57 Å². The summed E-state index contributed by atoms with van der Waals surface area (Å²) in [6.07, 6.45) is 0. The van der Waals surface area contributed by atoms with Crippen LogP contribution in [0.4, 0.5) is 0 Å². The number of aromatic nitrogens is 1. The molecule has 182 valence electrons. The van der Waals surface area contributed by atoms with Crippen molar-refractivity contribution in [3.05, 3.63) is 127 Å². The van der Waals surface area contributed by atoms with Crippen LogP contribution in [0.2, 0.25) is 0 Å². The zero-order valence-corrected chi connectivity index (χ0v) is 21.7. The fraction of sp³-hybridized carbons (Fsp3) is 0. The van der Waals surface area contributed by atoms with Crippen molar-refractivity contribution in [1.82, 2.24) is 4.57 Å². The largest absolute Gasteiger partial charge is 0.454 e. The maximum atomic E-state index is 6.50. The van der Waals surface area contributed by atoms with Crippen molar-refractivity contribution in [3.8, 4) is 16.8 Å². The third-order valence-electron chi connectivity index (χ3n) is 8.02. The van der Waals surface area contributed by atoms with Gasteiger partial charge in [-0.05, 0) is 59.7 Å². The number of hydrogen-bond acceptors (Lipinski definition) is 2. The van der Waals surface area contributed by atoms with E-state index in [9.17, 15) is 0 Å². The first-order valence-corrected chi connectivity index (χ1v) is 14.0. The molecule has 0 amide bonds. The van der Waals surface area contributed by atoms with Gasteiger partial charge < -0.3 is 8.98 Å². The lowest BCUT2D eigenvalue weighted by Crippen LogP contribution is -1.94. The molecule has 0 aliphatic heterocycles. The van der Waals surface area contributed by atoms with Crippen molar-refractivity contribution in [2.45, 2.75) is 0 Å². The van der Waals surface area contributed by atoms with Gasteiger partial charge in [-0.15, -0.1) is 11.3 Å². The van der Waals surface area contributed by atoms with Crippen LogP contribution in [0.3, 0.4) is 0 Å². The Labute approximate surface area is 227 Å². The summed E-state index contributed by atoms with van der Waals surface area (Å²) >= 11 is 1.86. The van der Waals surface area contributed by atoms with Crippen molar-refractivity contribution in [3.63, 3.8) is 0 Å². The summed E-state index contributed by atoms with van der Waals surface area (Å²) in [5, 5.41) is 7.39. The molecule has 2 nitrogen and oxygen atoms in total. The topological polar surface area (TPSA) is 18.1 Å². The molecule has 0 saturated carbocycles. The predicted molar refractivity (Wildman–Crippen MR) is 166 cm³/mol. The molecular formula is C36H21NOS. The van der Waals surface area contributed by atoms with Gasteiger partial charge in [0.25, 0.3) is 0 Å². The van der Waals surface area contributed by atoms with Crippen molar-refractivity contribution in [2.75, 3.05) is 0 Å². The Morgan fingerprint density at radius 2 is 1.18 bits per heavy atom. The van der Waals surface area contributed by atoms with Gasteiger partial charge in [0.1, 0.15) is 5.58 Å². The van der Waals surface area contributed by atoms with E-state index in [1.165, 1.54) is 47.6 Å². The van der Waals surface area contributed by atoms with E-state index in [2.05, 4.69) is 126 Å². The number of nitrogens with zero attached hydrogens (tertiary/aromatic N) is 1. The van der Waals surface area contributed by atoms with E-state index >= 15 is 0 Å². The first-order chi connectivity index (χ1) is 19.3. The summed E-state index contributed by atoms with van der Waals surface area (Å²) in [5.41, 5.74) is 7.72. The number of rotatable bonds is 2. The molecule has 0 unspecified atom stereocenters. The SMILES string of the molecule is c1ccc2c(c1)oc1c2ccc2c3ccccc3n(-c3ccc(-c4ccc5sc6ccccc6c5c4)cc3)c21. The second-order valence-corrected chi connectivity index (χ2v) is 11.2. The molecule has 9 rings (SSSR count). The minimum atomic E-state index is 0.920. The number of hydrogen-bond donors (Lipinski definition) is 0. The van der Waals surface area contributed by atoms with Crippen LogP contribution < -0.4 is 0 Å². The maximum absolute atomic E-state index is 6.50. The van der Waals surface area contributed by atoms with E-state index in [1.807, 2.05) is 17.4 Å². The average Bonchev–Trinajstić information content (AvgIpc) is 3.66. The molecule has 39 heavy (non-hydrogen) atoms. The third kappa shape index (κ3) is 2.96. The smallest absolute Gasteiger partial charge is 0.160 e. The minimum absolute atomic E-state index is 0.920. The Balaban J connectivity index is 1.26. The lowest BCUT2D eigenvalue weighted by Gasteiger charge is -2.10. The molecule has 6 aromatic carbocycles. The fourth-order valence-electron chi connectivity index (χ4n) is 6.21. The summed E-state index contributed by atoms with van der Waals surface area (Å²) in [6.45, 7) is 0. The Morgan fingerprint density at radius 3 is 2.08 bits per heavy atom.